The third-order valence-electron chi connectivity index (χ3n) is 2.35. The summed E-state index contributed by atoms with van der Waals surface area (Å²) >= 11 is 0. The van der Waals surface area contributed by atoms with E-state index in [1.165, 1.54) is 6.07 Å². The number of fused-ring (bicyclic) bond motifs is 1. The zero-order valence-electron chi connectivity index (χ0n) is 8.80. The maximum atomic E-state index is 13.3. The van der Waals surface area contributed by atoms with Crippen molar-refractivity contribution < 1.29 is 13.9 Å². The predicted octanol–water partition coefficient (Wildman–Crippen LogP) is 1.81. The largest absolute Gasteiger partial charge is 0.476 e. The van der Waals surface area contributed by atoms with Crippen molar-refractivity contribution in [1.29, 1.82) is 5.26 Å². The molecule has 1 N–H and O–H groups in total. The van der Waals surface area contributed by atoms with Gasteiger partial charge in [0.15, 0.2) is 5.60 Å². The third kappa shape index (κ3) is 1.48. The Morgan fingerprint density at radius 2 is 2.19 bits per heavy atom. The molecule has 82 valence electrons. The van der Waals surface area contributed by atoms with Gasteiger partial charge in [-0.15, -0.1) is 0 Å². The first-order valence-electron chi connectivity index (χ1n) is 4.68. The van der Waals surface area contributed by atoms with Gasteiger partial charge in [-0.05, 0) is 13.8 Å². The molecule has 1 aliphatic rings. The van der Waals surface area contributed by atoms with Crippen LogP contribution in [0.15, 0.2) is 12.1 Å². The maximum absolute atomic E-state index is 13.3. The van der Waals surface area contributed by atoms with Crippen LogP contribution in [-0.4, -0.2) is 11.5 Å². The molecule has 0 aromatic heterocycles. The van der Waals surface area contributed by atoms with E-state index in [2.05, 4.69) is 5.32 Å². The third-order valence-corrected chi connectivity index (χ3v) is 2.35. The van der Waals surface area contributed by atoms with Crippen LogP contribution in [0.3, 0.4) is 0 Å². The van der Waals surface area contributed by atoms with Gasteiger partial charge in [-0.3, -0.25) is 4.79 Å². The van der Waals surface area contributed by atoms with Gasteiger partial charge in [0.05, 0.1) is 11.3 Å². The van der Waals surface area contributed by atoms with Crippen LogP contribution in [0, 0.1) is 17.1 Å². The van der Waals surface area contributed by atoms with Gasteiger partial charge in [-0.25, -0.2) is 4.39 Å². The highest BCUT2D eigenvalue weighted by Crippen LogP contribution is 2.35. The molecule has 1 amide bonds. The van der Waals surface area contributed by atoms with Crippen molar-refractivity contribution in [1.82, 2.24) is 0 Å². The number of hydrogen-bond donors (Lipinski definition) is 1. The van der Waals surface area contributed by atoms with Crippen molar-refractivity contribution in [2.75, 3.05) is 5.32 Å². The van der Waals surface area contributed by atoms with E-state index in [4.69, 9.17) is 10.00 Å². The van der Waals surface area contributed by atoms with E-state index in [1.54, 1.807) is 19.9 Å². The molecule has 0 radical (unpaired) electrons. The van der Waals surface area contributed by atoms with Crippen molar-refractivity contribution in [3.63, 3.8) is 0 Å². The number of carbonyl (C=O) groups is 1. The number of nitriles is 1. The fourth-order valence-electron chi connectivity index (χ4n) is 1.42. The monoisotopic (exact) mass is 220 g/mol. The van der Waals surface area contributed by atoms with Gasteiger partial charge >= 0.3 is 0 Å². The molecular formula is C11H9FN2O2. The molecule has 0 fully saturated rings. The summed E-state index contributed by atoms with van der Waals surface area (Å²) in [6, 6.07) is 4.08. The molecule has 0 bridgehead atoms. The highest BCUT2D eigenvalue weighted by Gasteiger charge is 2.35. The molecule has 0 spiro atoms. The second kappa shape index (κ2) is 3.20. The van der Waals surface area contributed by atoms with Crippen molar-refractivity contribution in [2.24, 2.45) is 0 Å². The highest BCUT2D eigenvalue weighted by atomic mass is 19.1. The number of hydrogen-bond acceptors (Lipinski definition) is 3. The van der Waals surface area contributed by atoms with Gasteiger partial charge in [-0.1, -0.05) is 0 Å². The number of carbonyl (C=O) groups excluding carboxylic acids is 1. The molecule has 0 atom stereocenters. The molecule has 0 aliphatic carbocycles. The number of halogens is 1. The van der Waals surface area contributed by atoms with E-state index in [1.807, 2.05) is 0 Å². The number of rotatable bonds is 0. The summed E-state index contributed by atoms with van der Waals surface area (Å²) in [5, 5.41) is 11.2. The van der Waals surface area contributed by atoms with Crippen LogP contribution in [0.25, 0.3) is 0 Å². The summed E-state index contributed by atoms with van der Waals surface area (Å²) in [5.41, 5.74) is -0.871. The molecule has 0 saturated heterocycles. The lowest BCUT2D eigenvalue weighted by atomic mass is 10.0. The Hall–Kier alpha value is -2.09. The molecule has 1 aliphatic heterocycles. The Morgan fingerprint density at radius 3 is 2.81 bits per heavy atom. The van der Waals surface area contributed by atoms with Crippen molar-refractivity contribution in [3.05, 3.63) is 23.5 Å². The van der Waals surface area contributed by atoms with E-state index < -0.39 is 11.4 Å². The average Bonchev–Trinajstić information content (AvgIpc) is 2.20. The Bertz CT molecular complexity index is 517. The van der Waals surface area contributed by atoms with Gasteiger partial charge in [0.2, 0.25) is 0 Å². The summed E-state index contributed by atoms with van der Waals surface area (Å²) in [6.45, 7) is 3.20. The molecule has 0 unspecified atom stereocenters. The van der Waals surface area contributed by atoms with Gasteiger partial charge in [-0.2, -0.15) is 5.26 Å². The quantitative estimate of drug-likeness (QED) is 0.725. The summed E-state index contributed by atoms with van der Waals surface area (Å²) in [6.07, 6.45) is 0. The molecule has 1 aromatic carbocycles. The Labute approximate surface area is 91.6 Å². The van der Waals surface area contributed by atoms with Crippen LogP contribution in [0.4, 0.5) is 10.1 Å². The van der Waals surface area contributed by atoms with Gasteiger partial charge in [0.25, 0.3) is 5.91 Å². The number of ether oxygens (including phenoxy) is 1. The highest BCUT2D eigenvalue weighted by molar-refractivity contribution is 6.00. The number of anilines is 1. The summed E-state index contributed by atoms with van der Waals surface area (Å²) < 4.78 is 18.7. The molecule has 1 heterocycles. The van der Waals surface area contributed by atoms with Crippen LogP contribution in [-0.2, 0) is 4.79 Å². The number of amides is 1. The van der Waals surface area contributed by atoms with Crippen LogP contribution >= 0.6 is 0 Å². The van der Waals surface area contributed by atoms with Crippen LogP contribution < -0.4 is 10.1 Å². The van der Waals surface area contributed by atoms with Crippen LogP contribution in [0.2, 0.25) is 0 Å². The molecule has 5 heteroatoms. The number of benzene rings is 1. The van der Waals surface area contributed by atoms with Gasteiger partial charge < -0.3 is 10.1 Å². The topological polar surface area (TPSA) is 62.1 Å². The van der Waals surface area contributed by atoms with Gasteiger partial charge in [0.1, 0.15) is 17.6 Å². The Kier molecular flexibility index (Phi) is 2.09. The van der Waals surface area contributed by atoms with Crippen LogP contribution in [0.1, 0.15) is 19.4 Å². The lowest BCUT2D eigenvalue weighted by molar-refractivity contribution is -0.129. The average molecular weight is 220 g/mol. The maximum Gasteiger partial charge on any atom is 0.268 e. The molecule has 1 aromatic rings. The minimum atomic E-state index is -1.02. The zero-order valence-corrected chi connectivity index (χ0v) is 8.80. The first-order chi connectivity index (χ1) is 7.44. The van der Waals surface area contributed by atoms with E-state index in [-0.39, 0.29) is 17.2 Å². The second-order valence-electron chi connectivity index (χ2n) is 4.01. The van der Waals surface area contributed by atoms with Crippen molar-refractivity contribution in [2.45, 2.75) is 19.4 Å². The normalized spacial score (nSPS) is 16.8. The molecular weight excluding hydrogens is 211 g/mol. The summed E-state index contributed by atoms with van der Waals surface area (Å²) in [4.78, 5) is 11.5. The second-order valence-corrected chi connectivity index (χ2v) is 4.01. The molecule has 2 rings (SSSR count). The van der Waals surface area contributed by atoms with Gasteiger partial charge in [0, 0.05) is 12.1 Å². The van der Waals surface area contributed by atoms with Crippen molar-refractivity contribution in [3.8, 4) is 11.8 Å². The van der Waals surface area contributed by atoms with E-state index in [0.29, 0.717) is 5.75 Å². The molecule has 16 heavy (non-hydrogen) atoms. The van der Waals surface area contributed by atoms with E-state index in [9.17, 15) is 9.18 Å². The summed E-state index contributed by atoms with van der Waals surface area (Å²) in [5.74, 6) is -0.712. The lowest BCUT2D eigenvalue weighted by Gasteiger charge is -2.31. The van der Waals surface area contributed by atoms with Crippen LogP contribution in [0.5, 0.6) is 5.75 Å². The first-order valence-corrected chi connectivity index (χ1v) is 4.68. The Morgan fingerprint density at radius 1 is 1.50 bits per heavy atom. The minimum Gasteiger partial charge on any atom is -0.476 e. The zero-order chi connectivity index (χ0) is 11.9. The van der Waals surface area contributed by atoms with Crippen molar-refractivity contribution >= 4 is 11.6 Å². The smallest absolute Gasteiger partial charge is 0.268 e. The Balaban J connectivity index is 2.54. The number of nitrogens with zero attached hydrogens (tertiary/aromatic N) is 1. The lowest BCUT2D eigenvalue weighted by Crippen LogP contribution is -2.45. The standard InChI is InChI=1S/C11H9FN2O2/c1-11(2)10(15)14-8-4-7(12)6(5-13)3-9(8)16-11/h3-4H,1-2H3,(H,14,15). The summed E-state index contributed by atoms with van der Waals surface area (Å²) in [7, 11) is 0. The molecule has 4 nitrogen and oxygen atoms in total. The fraction of sp³-hybridized carbons (Fsp3) is 0.273. The molecule has 0 saturated carbocycles. The number of nitrogens with one attached hydrogen (secondary N) is 1. The van der Waals surface area contributed by atoms with E-state index >= 15 is 0 Å². The minimum absolute atomic E-state index is 0.106. The predicted molar refractivity (Wildman–Crippen MR) is 54.5 cm³/mol. The SMILES string of the molecule is CC1(C)Oc2cc(C#N)c(F)cc2NC1=O. The first kappa shape index (κ1) is 10.4. The van der Waals surface area contributed by atoms with E-state index in [0.717, 1.165) is 6.07 Å². The fourth-order valence-corrected chi connectivity index (χ4v) is 1.42.